The number of fused-ring (bicyclic) bond motifs is 6. The van der Waals surface area contributed by atoms with Crippen LogP contribution in [0.15, 0.2) is 158 Å². The fourth-order valence-electron chi connectivity index (χ4n) is 8.02. The summed E-state index contributed by atoms with van der Waals surface area (Å²) in [5.74, 6) is 0.824. The number of benzene rings is 7. The molecule has 48 heavy (non-hydrogen) atoms. The lowest BCUT2D eigenvalue weighted by Gasteiger charge is -2.14. The number of hydrogen-bond donors (Lipinski definition) is 0. The molecule has 4 aromatic heterocycles. The molecule has 0 aliphatic rings. The Labute approximate surface area is 275 Å². The van der Waals surface area contributed by atoms with Crippen molar-refractivity contribution in [1.82, 2.24) is 18.9 Å². The summed E-state index contributed by atoms with van der Waals surface area (Å²) in [4.78, 5) is 10.8. The maximum Gasteiger partial charge on any atom is 0.165 e. The van der Waals surface area contributed by atoms with E-state index < -0.39 is 0 Å². The molecule has 0 aliphatic carbocycles. The van der Waals surface area contributed by atoms with E-state index in [0.717, 1.165) is 50.3 Å². The highest BCUT2D eigenvalue weighted by molar-refractivity contribution is 6.31. The SMILES string of the molecule is c1ccc(-c2ccc3nc(-c4ccccc4)c(-n4c5cccc6c7cccc8c9ccccc9n(c9cccc4c9c65)c78)nc3c2)cc1. The fourth-order valence-corrected chi connectivity index (χ4v) is 8.02. The third-order valence-corrected chi connectivity index (χ3v) is 10.0. The Morgan fingerprint density at radius 2 is 0.979 bits per heavy atom. The molecule has 0 saturated carbocycles. The van der Waals surface area contributed by atoms with E-state index in [1.54, 1.807) is 0 Å². The Kier molecular flexibility index (Phi) is 5.08. The van der Waals surface area contributed by atoms with Gasteiger partial charge < -0.3 is 4.40 Å². The molecule has 0 saturated heterocycles. The summed E-state index contributed by atoms with van der Waals surface area (Å²) in [6.07, 6.45) is 0. The van der Waals surface area contributed by atoms with Gasteiger partial charge in [-0.1, -0.05) is 121 Å². The second kappa shape index (κ2) is 9.50. The molecule has 0 spiro atoms. The minimum absolute atomic E-state index is 0.824. The Bertz CT molecular complexity index is 3040. The van der Waals surface area contributed by atoms with Gasteiger partial charge >= 0.3 is 0 Å². The molecule has 11 aromatic rings. The molecule has 0 unspecified atom stereocenters. The number of para-hydroxylation sites is 2. The van der Waals surface area contributed by atoms with Gasteiger partial charge in [-0.2, -0.15) is 0 Å². The molecule has 222 valence electrons. The first kappa shape index (κ1) is 25.6. The van der Waals surface area contributed by atoms with E-state index >= 15 is 0 Å². The molecule has 0 N–H and O–H groups in total. The van der Waals surface area contributed by atoms with Crippen molar-refractivity contribution >= 4 is 70.9 Å². The lowest BCUT2D eigenvalue weighted by Crippen LogP contribution is -2.04. The van der Waals surface area contributed by atoms with Gasteiger partial charge in [0.2, 0.25) is 0 Å². The molecule has 4 heterocycles. The maximum atomic E-state index is 5.50. The quantitative estimate of drug-likeness (QED) is 0.199. The summed E-state index contributed by atoms with van der Waals surface area (Å²) in [6.45, 7) is 0. The van der Waals surface area contributed by atoms with Crippen LogP contribution in [0.25, 0.3) is 99.1 Å². The number of hydrogen-bond acceptors (Lipinski definition) is 2. The minimum atomic E-state index is 0.824. The van der Waals surface area contributed by atoms with Gasteiger partial charge in [0.1, 0.15) is 5.69 Å². The van der Waals surface area contributed by atoms with E-state index in [2.05, 4.69) is 155 Å². The Hall–Kier alpha value is -6.52. The van der Waals surface area contributed by atoms with Crippen LogP contribution < -0.4 is 0 Å². The molecule has 0 fully saturated rings. The zero-order valence-electron chi connectivity index (χ0n) is 25.8. The van der Waals surface area contributed by atoms with Gasteiger partial charge in [0.25, 0.3) is 0 Å². The van der Waals surface area contributed by atoms with Gasteiger partial charge in [-0.3, -0.25) is 4.57 Å². The molecule has 0 amide bonds. The highest BCUT2D eigenvalue weighted by atomic mass is 15.1. The van der Waals surface area contributed by atoms with Crippen molar-refractivity contribution in [3.63, 3.8) is 0 Å². The van der Waals surface area contributed by atoms with Crippen molar-refractivity contribution < 1.29 is 0 Å². The molecule has 4 nitrogen and oxygen atoms in total. The summed E-state index contributed by atoms with van der Waals surface area (Å²) < 4.78 is 4.82. The first-order valence-corrected chi connectivity index (χ1v) is 16.4. The largest absolute Gasteiger partial charge is 0.308 e. The number of rotatable bonds is 3. The Morgan fingerprint density at radius 3 is 1.81 bits per heavy atom. The Morgan fingerprint density at radius 1 is 0.375 bits per heavy atom. The molecular weight excluding hydrogens is 585 g/mol. The van der Waals surface area contributed by atoms with Crippen molar-refractivity contribution in [1.29, 1.82) is 0 Å². The average molecular weight is 611 g/mol. The third kappa shape index (κ3) is 3.38. The lowest BCUT2D eigenvalue weighted by molar-refractivity contribution is 1.08. The van der Waals surface area contributed by atoms with Crippen LogP contribution in [0.1, 0.15) is 0 Å². The second-order valence-corrected chi connectivity index (χ2v) is 12.6. The molecule has 0 atom stereocenters. The molecule has 7 aromatic carbocycles. The first-order valence-electron chi connectivity index (χ1n) is 16.4. The molecule has 0 radical (unpaired) electrons. The summed E-state index contributed by atoms with van der Waals surface area (Å²) in [7, 11) is 0. The van der Waals surface area contributed by atoms with E-state index in [-0.39, 0.29) is 0 Å². The predicted molar refractivity (Wildman–Crippen MR) is 199 cm³/mol. The van der Waals surface area contributed by atoms with Crippen molar-refractivity contribution in [3.8, 4) is 28.2 Å². The summed E-state index contributed by atoms with van der Waals surface area (Å²) >= 11 is 0. The van der Waals surface area contributed by atoms with Gasteiger partial charge in [0.15, 0.2) is 5.82 Å². The van der Waals surface area contributed by atoms with Gasteiger partial charge in [0.05, 0.1) is 38.6 Å². The van der Waals surface area contributed by atoms with Crippen molar-refractivity contribution in [2.75, 3.05) is 0 Å². The number of aromatic nitrogens is 4. The van der Waals surface area contributed by atoms with Crippen LogP contribution in [-0.2, 0) is 0 Å². The van der Waals surface area contributed by atoms with Crippen LogP contribution in [0.5, 0.6) is 0 Å². The lowest BCUT2D eigenvalue weighted by atomic mass is 10.0. The zero-order chi connectivity index (χ0) is 31.3. The third-order valence-electron chi connectivity index (χ3n) is 10.0. The topological polar surface area (TPSA) is 35.1 Å². The van der Waals surface area contributed by atoms with Crippen LogP contribution in [0.3, 0.4) is 0 Å². The van der Waals surface area contributed by atoms with Crippen LogP contribution in [-0.4, -0.2) is 18.9 Å². The van der Waals surface area contributed by atoms with Gasteiger partial charge in [-0.15, -0.1) is 0 Å². The summed E-state index contributed by atoms with van der Waals surface area (Å²) in [5, 5.41) is 7.48. The van der Waals surface area contributed by atoms with Crippen LogP contribution in [0, 0.1) is 0 Å². The zero-order valence-corrected chi connectivity index (χ0v) is 25.8. The highest BCUT2D eigenvalue weighted by Gasteiger charge is 2.24. The standard InChI is InChI=1S/C44H26N4/c1-3-12-27(13-4-1)29-24-25-34-35(26-29)46-44(42(45-34)28-14-5-2-6-15-28)48-37-21-10-17-31-33-19-9-18-32-30-16-7-8-20-36(30)47(43(32)33)38-22-11-23-39(48)41(38)40(31)37/h1-26H. The van der Waals surface area contributed by atoms with Crippen molar-refractivity contribution in [2.45, 2.75) is 0 Å². The smallest absolute Gasteiger partial charge is 0.165 e. The van der Waals surface area contributed by atoms with Gasteiger partial charge in [0, 0.05) is 32.5 Å². The van der Waals surface area contributed by atoms with E-state index in [4.69, 9.17) is 9.97 Å². The van der Waals surface area contributed by atoms with Gasteiger partial charge in [-0.25, -0.2) is 9.97 Å². The second-order valence-electron chi connectivity index (χ2n) is 12.6. The fraction of sp³-hybridized carbons (Fsp3) is 0. The van der Waals surface area contributed by atoms with Crippen LogP contribution >= 0.6 is 0 Å². The van der Waals surface area contributed by atoms with Crippen molar-refractivity contribution in [3.05, 3.63) is 158 Å². The average Bonchev–Trinajstić information content (AvgIpc) is 3.63. The number of nitrogens with zero attached hydrogens (tertiary/aromatic N) is 4. The summed E-state index contributed by atoms with van der Waals surface area (Å²) in [6, 6.07) is 56.3. The monoisotopic (exact) mass is 610 g/mol. The van der Waals surface area contributed by atoms with E-state index in [9.17, 15) is 0 Å². The molecule has 11 rings (SSSR count). The summed E-state index contributed by atoms with van der Waals surface area (Å²) in [5.41, 5.74) is 11.8. The maximum absolute atomic E-state index is 5.50. The molecule has 0 bridgehead atoms. The van der Waals surface area contributed by atoms with Crippen molar-refractivity contribution in [2.24, 2.45) is 0 Å². The predicted octanol–water partition coefficient (Wildman–Crippen LogP) is 11.2. The molecule has 0 aliphatic heterocycles. The van der Waals surface area contributed by atoms with Crippen LogP contribution in [0.4, 0.5) is 0 Å². The van der Waals surface area contributed by atoms with Crippen LogP contribution in [0.2, 0.25) is 0 Å². The van der Waals surface area contributed by atoms with E-state index in [0.29, 0.717) is 0 Å². The van der Waals surface area contributed by atoms with E-state index in [1.165, 1.54) is 48.9 Å². The Balaban J connectivity index is 1.34. The minimum Gasteiger partial charge on any atom is -0.308 e. The van der Waals surface area contributed by atoms with Gasteiger partial charge in [-0.05, 0) is 52.9 Å². The highest BCUT2D eigenvalue weighted by Crippen LogP contribution is 2.44. The molecule has 4 heteroatoms. The van der Waals surface area contributed by atoms with E-state index in [1.807, 2.05) is 12.1 Å². The normalized spacial score (nSPS) is 12.2. The molecular formula is C44H26N4. The first-order chi connectivity index (χ1) is 23.8.